The maximum atomic E-state index is 15.5. The molecule has 2 aromatic carbocycles. The van der Waals surface area contributed by atoms with Crippen LogP contribution in [0.3, 0.4) is 0 Å². The van der Waals surface area contributed by atoms with E-state index in [1.807, 2.05) is 52.3 Å². The predicted molar refractivity (Wildman–Crippen MR) is 199 cm³/mol. The summed E-state index contributed by atoms with van der Waals surface area (Å²) in [6.45, 7) is 26.4. The first-order chi connectivity index (χ1) is 24.0. The minimum atomic E-state index is -2.29. The topological polar surface area (TPSA) is 74.8 Å². The Morgan fingerprint density at radius 1 is 0.800 bits per heavy atom. The molecule has 3 unspecified atom stereocenters. The largest absolute Gasteiger partial charge is 0.369 e. The number of hydrogen-bond donors (Lipinski definition) is 0. The summed E-state index contributed by atoms with van der Waals surface area (Å²) < 4.78 is 41.1. The number of carbonyl (C=O) groups is 4. The maximum Gasteiger partial charge on any atom is 0.239 e. The number of para-hydroxylation sites is 1. The Morgan fingerprint density at radius 3 is 1.86 bits per heavy atom. The van der Waals surface area contributed by atoms with Gasteiger partial charge in [0.25, 0.3) is 0 Å². The van der Waals surface area contributed by atoms with E-state index in [9.17, 15) is 8.78 Å². The quantitative estimate of drug-likeness (QED) is 0.185. The number of benzene rings is 2. The number of carbonyl (C=O) groups excluding carboxylic acids is 4. The summed E-state index contributed by atoms with van der Waals surface area (Å²) in [6, 6.07) is 13.7. The lowest BCUT2D eigenvalue weighted by Gasteiger charge is -2.38. The lowest BCUT2D eigenvalue weighted by atomic mass is 9.83. The van der Waals surface area contributed by atoms with Gasteiger partial charge in [-0.15, -0.1) is 0 Å². The summed E-state index contributed by atoms with van der Waals surface area (Å²) in [6.07, 6.45) is 5.11. The van der Waals surface area contributed by atoms with Crippen molar-refractivity contribution in [1.82, 2.24) is 4.90 Å². The summed E-state index contributed by atoms with van der Waals surface area (Å²) in [5.41, 5.74) is 5.52. The van der Waals surface area contributed by atoms with Crippen LogP contribution in [0.1, 0.15) is 89.3 Å². The molecule has 1 radical (unpaired) electrons. The van der Waals surface area contributed by atoms with Crippen LogP contribution in [0.15, 0.2) is 54.1 Å². The van der Waals surface area contributed by atoms with E-state index in [0.717, 1.165) is 68.8 Å². The third-order valence-corrected chi connectivity index (χ3v) is 9.53. The van der Waals surface area contributed by atoms with Gasteiger partial charge in [0.05, 0.1) is 5.69 Å². The van der Waals surface area contributed by atoms with Crippen molar-refractivity contribution >= 4 is 32.8 Å². The normalized spacial score (nSPS) is 16.2. The van der Waals surface area contributed by atoms with Crippen LogP contribution in [0.2, 0.25) is 0 Å². The number of nitrogens with zero attached hydrogens (tertiary/aromatic N) is 2. The molecule has 0 aromatic heterocycles. The third-order valence-electron chi connectivity index (χ3n) is 9.53. The molecule has 1 aliphatic carbocycles. The second-order valence-electron chi connectivity index (χ2n) is 13.7. The van der Waals surface area contributed by atoms with E-state index < -0.39 is 6.43 Å². The molecule has 0 spiro atoms. The highest BCUT2D eigenvalue weighted by molar-refractivity contribution is 5.57. The Labute approximate surface area is 299 Å². The molecule has 0 amide bonds. The van der Waals surface area contributed by atoms with Crippen molar-refractivity contribution in [1.29, 1.82) is 0 Å². The minimum absolute atomic E-state index is 0.112. The fourth-order valence-electron chi connectivity index (χ4n) is 6.79. The van der Waals surface area contributed by atoms with Gasteiger partial charge in [-0.2, -0.15) is 0 Å². The molecule has 4 rings (SSSR count). The van der Waals surface area contributed by atoms with Crippen molar-refractivity contribution in [3.05, 3.63) is 83.0 Å². The molecule has 1 saturated heterocycles. The molecule has 1 aliphatic heterocycles. The van der Waals surface area contributed by atoms with E-state index in [0.29, 0.717) is 23.7 Å². The molecule has 50 heavy (non-hydrogen) atoms. The highest BCUT2D eigenvalue weighted by Gasteiger charge is 2.29. The minimum Gasteiger partial charge on any atom is -0.369 e. The predicted octanol–water partition coefficient (Wildman–Crippen LogP) is 8.78. The van der Waals surface area contributed by atoms with Crippen LogP contribution in [0, 0.1) is 35.9 Å². The second kappa shape index (κ2) is 25.4. The number of alkyl halides is 2. The molecule has 1 fully saturated rings. The molecular formula is C41H60F3N2O4. The first-order valence-corrected chi connectivity index (χ1v) is 17.3. The molecular weight excluding hydrogens is 641 g/mol. The van der Waals surface area contributed by atoms with Gasteiger partial charge in [-0.3, -0.25) is 0 Å². The standard InChI is InChI=1S/C37H52F3N2.4CH2O/c1-25(2)22-41(23-28(5)33-14-15-33)24-31-16-18-42(19-17-31)37-34(8-7-9-35(37)38)29(6)26(3)20-30-10-12-32(13-11-30)27(4)21-36(39)40;4*1-2/h7-15,25-29,31,36H,16-24H2,1-6H3;4*1H2/t26?,27?,28-,29?;;;;/m1..../s1. The van der Waals surface area contributed by atoms with Crippen molar-refractivity contribution in [3.8, 4) is 0 Å². The molecule has 0 bridgehead atoms. The zero-order valence-corrected chi connectivity index (χ0v) is 31.1. The van der Waals surface area contributed by atoms with Crippen molar-refractivity contribution in [2.24, 2.45) is 23.7 Å². The van der Waals surface area contributed by atoms with E-state index in [-0.39, 0.29) is 24.1 Å². The van der Waals surface area contributed by atoms with Gasteiger partial charge in [0, 0.05) is 45.6 Å². The van der Waals surface area contributed by atoms with E-state index in [1.54, 1.807) is 6.07 Å². The Balaban J connectivity index is 0.00000280. The van der Waals surface area contributed by atoms with Crippen molar-refractivity contribution in [3.63, 3.8) is 0 Å². The monoisotopic (exact) mass is 701 g/mol. The van der Waals surface area contributed by atoms with Crippen LogP contribution in [-0.4, -0.2) is 71.2 Å². The first-order valence-electron chi connectivity index (χ1n) is 17.3. The molecule has 4 atom stereocenters. The SMILES string of the molecule is C=O.C=O.C=O.C=O.CC(C)CN(CC1CCN(c2c(F)cccc2C(C)C(C)Cc2ccc(C(C)CC(F)F)cc2)CC1)C[C@@H](C)C1=C[CH]1. The number of allylic oxidation sites excluding steroid dienone is 1. The number of halogens is 3. The number of anilines is 1. The van der Waals surface area contributed by atoms with Crippen LogP contribution >= 0.6 is 0 Å². The highest BCUT2D eigenvalue weighted by atomic mass is 19.3. The van der Waals surface area contributed by atoms with Crippen molar-refractivity contribution in [2.45, 2.75) is 85.5 Å². The average molecular weight is 702 g/mol. The third kappa shape index (κ3) is 15.5. The smallest absolute Gasteiger partial charge is 0.239 e. The molecule has 279 valence electrons. The molecule has 2 aliphatic rings. The summed E-state index contributed by atoms with van der Waals surface area (Å²) in [4.78, 5) is 37.0. The van der Waals surface area contributed by atoms with E-state index >= 15 is 4.39 Å². The van der Waals surface area contributed by atoms with Crippen LogP contribution in [0.5, 0.6) is 0 Å². The second-order valence-corrected chi connectivity index (χ2v) is 13.7. The van der Waals surface area contributed by atoms with Crippen LogP contribution < -0.4 is 4.90 Å². The van der Waals surface area contributed by atoms with Crippen LogP contribution in [-0.2, 0) is 25.6 Å². The molecule has 2 aromatic rings. The van der Waals surface area contributed by atoms with Gasteiger partial charge in [0.1, 0.15) is 33.0 Å². The number of piperidine rings is 1. The van der Waals surface area contributed by atoms with Gasteiger partial charge in [-0.25, -0.2) is 13.2 Å². The Hall–Kier alpha value is -3.59. The zero-order valence-electron chi connectivity index (χ0n) is 31.1. The molecule has 9 heteroatoms. The molecule has 6 nitrogen and oxygen atoms in total. The van der Waals surface area contributed by atoms with Crippen molar-refractivity contribution < 1.29 is 32.3 Å². The summed E-state index contributed by atoms with van der Waals surface area (Å²) in [5, 5.41) is 0. The first kappa shape index (κ1) is 46.4. The Morgan fingerprint density at radius 2 is 1.36 bits per heavy atom. The zero-order chi connectivity index (χ0) is 38.4. The van der Waals surface area contributed by atoms with Crippen LogP contribution in [0.4, 0.5) is 18.9 Å². The maximum absolute atomic E-state index is 15.5. The van der Waals surface area contributed by atoms with E-state index in [1.165, 1.54) is 11.1 Å². The fourth-order valence-corrected chi connectivity index (χ4v) is 6.79. The van der Waals surface area contributed by atoms with E-state index in [2.05, 4.69) is 75.1 Å². The van der Waals surface area contributed by atoms with Gasteiger partial charge >= 0.3 is 0 Å². The number of rotatable bonds is 15. The average Bonchev–Trinajstić information content (AvgIpc) is 3.98. The lowest BCUT2D eigenvalue weighted by Crippen LogP contribution is -2.41. The molecule has 0 saturated carbocycles. The van der Waals surface area contributed by atoms with Gasteiger partial charge in [-0.1, -0.05) is 89.6 Å². The Bertz CT molecular complexity index is 1230. The fraction of sp³-hybridized carbons (Fsp3) is 0.537. The highest BCUT2D eigenvalue weighted by Crippen LogP contribution is 2.38. The molecule has 1 heterocycles. The lowest BCUT2D eigenvalue weighted by molar-refractivity contribution is -0.0987. The summed E-state index contributed by atoms with van der Waals surface area (Å²) >= 11 is 0. The summed E-state index contributed by atoms with van der Waals surface area (Å²) in [5.74, 6) is 2.09. The van der Waals surface area contributed by atoms with Crippen LogP contribution in [0.25, 0.3) is 0 Å². The van der Waals surface area contributed by atoms with Gasteiger partial charge in [-0.05, 0) is 77.5 Å². The van der Waals surface area contributed by atoms with Crippen molar-refractivity contribution in [2.75, 3.05) is 37.6 Å². The van der Waals surface area contributed by atoms with E-state index in [4.69, 9.17) is 19.2 Å². The Kier molecular flexibility index (Phi) is 23.6. The van der Waals surface area contributed by atoms with Gasteiger partial charge < -0.3 is 29.0 Å². The molecule has 0 N–H and O–H groups in total. The number of hydrogen-bond acceptors (Lipinski definition) is 6. The van der Waals surface area contributed by atoms with Gasteiger partial charge in [0.2, 0.25) is 6.43 Å². The van der Waals surface area contributed by atoms with Gasteiger partial charge in [0.15, 0.2) is 0 Å². The summed E-state index contributed by atoms with van der Waals surface area (Å²) in [7, 11) is 0.